The number of para-hydroxylation sites is 2. The summed E-state index contributed by atoms with van der Waals surface area (Å²) in [5.41, 5.74) is 6.36. The molecule has 31 heavy (non-hydrogen) atoms. The van der Waals surface area contributed by atoms with E-state index in [2.05, 4.69) is 32.8 Å². The van der Waals surface area contributed by atoms with Gasteiger partial charge in [0.25, 0.3) is 0 Å². The first-order valence-electron chi connectivity index (χ1n) is 10.6. The van der Waals surface area contributed by atoms with E-state index in [1.165, 1.54) is 5.56 Å². The van der Waals surface area contributed by atoms with Gasteiger partial charge in [-0.15, -0.1) is 0 Å². The summed E-state index contributed by atoms with van der Waals surface area (Å²) in [6, 6.07) is 20.7. The highest BCUT2D eigenvalue weighted by atomic mass is 16.1. The molecule has 5 rings (SSSR count). The van der Waals surface area contributed by atoms with Crippen LogP contribution in [0.25, 0.3) is 16.7 Å². The number of imidazole rings is 1. The zero-order chi connectivity index (χ0) is 21.4. The minimum atomic E-state index is 0.0733. The summed E-state index contributed by atoms with van der Waals surface area (Å²) in [4.78, 5) is 19.1. The monoisotopic (exact) mass is 409 g/mol. The number of nitrogens with one attached hydrogen (secondary N) is 1. The van der Waals surface area contributed by atoms with Crippen molar-refractivity contribution in [3.63, 3.8) is 0 Å². The second-order valence-corrected chi connectivity index (χ2v) is 7.92. The van der Waals surface area contributed by atoms with Gasteiger partial charge in [0.2, 0.25) is 5.91 Å². The van der Waals surface area contributed by atoms with Crippen LogP contribution in [0.4, 0.5) is 5.82 Å². The lowest BCUT2D eigenvalue weighted by Gasteiger charge is -2.28. The molecule has 154 valence electrons. The van der Waals surface area contributed by atoms with Crippen LogP contribution in [0.1, 0.15) is 28.7 Å². The molecule has 1 aliphatic rings. The summed E-state index contributed by atoms with van der Waals surface area (Å²) in [7, 11) is 0. The van der Waals surface area contributed by atoms with Crippen molar-refractivity contribution in [3.05, 3.63) is 76.9 Å². The molecule has 0 saturated carbocycles. The maximum absolute atomic E-state index is 12.0. The number of aromatic nitrogens is 2. The molecule has 6 heteroatoms. The number of carbonyl (C=O) groups excluding carboxylic acids is 1. The average Bonchev–Trinajstić information content (AvgIpc) is 3.03. The third-order valence-electron chi connectivity index (χ3n) is 6.04. The fraction of sp³-hybridized carbons (Fsp3) is 0.240. The van der Waals surface area contributed by atoms with Crippen molar-refractivity contribution in [2.45, 2.75) is 19.8 Å². The molecule has 1 aliphatic heterocycles. The molecule has 0 unspecified atom stereocenters. The lowest BCUT2D eigenvalue weighted by atomic mass is 9.97. The van der Waals surface area contributed by atoms with Gasteiger partial charge in [0, 0.05) is 38.0 Å². The summed E-state index contributed by atoms with van der Waals surface area (Å²) < 4.78 is 2.12. The topological polar surface area (TPSA) is 73.4 Å². The van der Waals surface area contributed by atoms with E-state index in [9.17, 15) is 10.1 Å². The number of hydrogen-bond donors (Lipinski definition) is 1. The van der Waals surface area contributed by atoms with Crippen LogP contribution in [-0.4, -0.2) is 34.9 Å². The number of rotatable bonds is 3. The normalized spacial score (nSPS) is 14.5. The maximum atomic E-state index is 12.0. The van der Waals surface area contributed by atoms with Gasteiger partial charge < -0.3 is 10.2 Å². The Kier molecular flexibility index (Phi) is 4.79. The van der Waals surface area contributed by atoms with E-state index in [-0.39, 0.29) is 5.91 Å². The van der Waals surface area contributed by atoms with E-state index in [1.54, 1.807) is 0 Å². The number of fused-ring (bicyclic) bond motifs is 3. The van der Waals surface area contributed by atoms with Gasteiger partial charge in [-0.3, -0.25) is 9.20 Å². The van der Waals surface area contributed by atoms with Crippen LogP contribution in [0.5, 0.6) is 0 Å². The molecule has 0 spiro atoms. The third kappa shape index (κ3) is 3.28. The Morgan fingerprint density at radius 2 is 1.87 bits per heavy atom. The number of nitriles is 1. The Balaban J connectivity index is 1.84. The first kappa shape index (κ1) is 19.1. The van der Waals surface area contributed by atoms with Gasteiger partial charge in [-0.25, -0.2) is 4.98 Å². The molecule has 1 saturated heterocycles. The fourth-order valence-electron chi connectivity index (χ4n) is 4.49. The van der Waals surface area contributed by atoms with Crippen molar-refractivity contribution in [2.24, 2.45) is 0 Å². The molecule has 0 bridgehead atoms. The van der Waals surface area contributed by atoms with Crippen molar-refractivity contribution in [2.75, 3.05) is 24.5 Å². The number of anilines is 1. The Labute approximate surface area is 180 Å². The minimum Gasteiger partial charge on any atom is -0.355 e. The predicted molar refractivity (Wildman–Crippen MR) is 121 cm³/mol. The fourth-order valence-corrected chi connectivity index (χ4v) is 4.49. The molecule has 2 aromatic carbocycles. The van der Waals surface area contributed by atoms with Crippen LogP contribution < -0.4 is 10.2 Å². The zero-order valence-electron chi connectivity index (χ0n) is 17.4. The molecule has 4 aromatic rings. The van der Waals surface area contributed by atoms with Crippen molar-refractivity contribution in [1.29, 1.82) is 5.26 Å². The van der Waals surface area contributed by atoms with E-state index in [0.29, 0.717) is 43.7 Å². The Morgan fingerprint density at radius 1 is 1.10 bits per heavy atom. The molecule has 1 amide bonds. The van der Waals surface area contributed by atoms with Gasteiger partial charge in [0.15, 0.2) is 5.65 Å². The lowest BCUT2D eigenvalue weighted by Crippen LogP contribution is -2.31. The second-order valence-electron chi connectivity index (χ2n) is 7.92. The SMILES string of the molecule is Cc1c(Cc2ccccc2)c(N2CCNC(=O)CC2)n2c(nc3ccccc32)c1C#N. The molecule has 0 atom stereocenters. The molecule has 0 aliphatic carbocycles. The number of benzene rings is 2. The molecule has 0 radical (unpaired) electrons. The van der Waals surface area contributed by atoms with Crippen molar-refractivity contribution >= 4 is 28.4 Å². The summed E-state index contributed by atoms with van der Waals surface area (Å²) >= 11 is 0. The second kappa shape index (κ2) is 7.77. The Bertz CT molecular complexity index is 1330. The summed E-state index contributed by atoms with van der Waals surface area (Å²) in [6.45, 7) is 3.94. The van der Waals surface area contributed by atoms with E-state index in [1.807, 2.05) is 49.4 Å². The van der Waals surface area contributed by atoms with Gasteiger partial charge >= 0.3 is 0 Å². The van der Waals surface area contributed by atoms with E-state index >= 15 is 0 Å². The van der Waals surface area contributed by atoms with Crippen LogP contribution in [-0.2, 0) is 11.2 Å². The molecular formula is C25H23N5O. The van der Waals surface area contributed by atoms with Crippen molar-refractivity contribution in [3.8, 4) is 6.07 Å². The number of hydrogen-bond acceptors (Lipinski definition) is 4. The maximum Gasteiger partial charge on any atom is 0.221 e. The number of carbonyl (C=O) groups is 1. The molecule has 6 nitrogen and oxygen atoms in total. The quantitative estimate of drug-likeness (QED) is 0.561. The van der Waals surface area contributed by atoms with Crippen LogP contribution in [0.2, 0.25) is 0 Å². The highest BCUT2D eigenvalue weighted by Crippen LogP contribution is 2.34. The van der Waals surface area contributed by atoms with Gasteiger partial charge in [-0.2, -0.15) is 5.26 Å². The standard InChI is InChI=1S/C25H23N5O/c1-17-19(15-18-7-3-2-4-8-18)25(29-13-11-23(31)27-12-14-29)30-22-10-6-5-9-21(22)28-24(30)20(17)16-26/h2-10H,11-15H2,1H3,(H,27,31). The van der Waals surface area contributed by atoms with Crippen LogP contribution >= 0.6 is 0 Å². The number of pyridine rings is 1. The Morgan fingerprint density at radius 3 is 2.68 bits per heavy atom. The van der Waals surface area contributed by atoms with Crippen LogP contribution in [0.15, 0.2) is 54.6 Å². The first-order valence-corrected chi connectivity index (χ1v) is 10.6. The highest BCUT2D eigenvalue weighted by Gasteiger charge is 2.25. The number of amides is 1. The van der Waals surface area contributed by atoms with Gasteiger partial charge in [-0.05, 0) is 30.2 Å². The first-order chi connectivity index (χ1) is 15.2. The van der Waals surface area contributed by atoms with Gasteiger partial charge in [0.05, 0.1) is 16.6 Å². The highest BCUT2D eigenvalue weighted by molar-refractivity contribution is 5.87. The molecular weight excluding hydrogens is 386 g/mol. The number of nitrogens with zero attached hydrogens (tertiary/aromatic N) is 4. The lowest BCUT2D eigenvalue weighted by molar-refractivity contribution is -0.120. The smallest absolute Gasteiger partial charge is 0.221 e. The zero-order valence-corrected chi connectivity index (χ0v) is 17.4. The molecule has 1 fully saturated rings. The average molecular weight is 409 g/mol. The largest absolute Gasteiger partial charge is 0.355 e. The molecule has 3 heterocycles. The summed E-state index contributed by atoms with van der Waals surface area (Å²) in [6.07, 6.45) is 1.15. The predicted octanol–water partition coefficient (Wildman–Crippen LogP) is 3.58. The van der Waals surface area contributed by atoms with Crippen molar-refractivity contribution < 1.29 is 4.79 Å². The summed E-state index contributed by atoms with van der Waals surface area (Å²) in [5.74, 6) is 1.10. The van der Waals surface area contributed by atoms with E-state index in [0.717, 1.165) is 28.0 Å². The molecule has 1 N–H and O–H groups in total. The van der Waals surface area contributed by atoms with Gasteiger partial charge in [0.1, 0.15) is 11.9 Å². The van der Waals surface area contributed by atoms with E-state index in [4.69, 9.17) is 4.98 Å². The van der Waals surface area contributed by atoms with E-state index < -0.39 is 0 Å². The summed E-state index contributed by atoms with van der Waals surface area (Å²) in [5, 5.41) is 13.0. The Hall–Kier alpha value is -3.85. The van der Waals surface area contributed by atoms with Crippen LogP contribution in [0, 0.1) is 18.3 Å². The molecule has 2 aromatic heterocycles. The van der Waals surface area contributed by atoms with Gasteiger partial charge in [-0.1, -0.05) is 42.5 Å². The third-order valence-corrected chi connectivity index (χ3v) is 6.04. The van der Waals surface area contributed by atoms with Crippen molar-refractivity contribution in [1.82, 2.24) is 14.7 Å². The minimum absolute atomic E-state index is 0.0733. The van der Waals surface area contributed by atoms with Crippen LogP contribution in [0.3, 0.4) is 0 Å².